The molecular formula is C22H25F3N6O2. The predicted octanol–water partition coefficient (Wildman–Crippen LogP) is 4.07. The number of halogens is 3. The van der Waals surface area contributed by atoms with Crippen LogP contribution in [-0.2, 0) is 0 Å². The largest absolute Gasteiger partial charge is 0.489 e. The van der Waals surface area contributed by atoms with Crippen LogP contribution in [0, 0.1) is 24.2 Å². The Kier molecular flexibility index (Phi) is 4.54. The van der Waals surface area contributed by atoms with Gasteiger partial charge in [-0.25, -0.2) is 4.52 Å². The molecule has 8 nitrogen and oxygen atoms in total. The molecule has 0 aromatic carbocycles. The van der Waals surface area contributed by atoms with E-state index >= 15 is 0 Å². The van der Waals surface area contributed by atoms with Crippen LogP contribution in [-0.4, -0.2) is 51.7 Å². The number of anilines is 2. The standard InChI is InChI=1S/C22H25F3N6O2/c1-13-9-17(33-29-13)30-10-14-4-5-15(11-30)18(14)26-20-27-19-16(3-2-8-31(19)28-20)32-12-21(6-7-21)22(23,24)25/h2-3,8-9,14-15,18H,4-7,10-12H2,1H3,(H,26,28). The summed E-state index contributed by atoms with van der Waals surface area (Å²) in [5.74, 6) is 2.42. The number of aromatic nitrogens is 4. The third-order valence-corrected chi connectivity index (χ3v) is 7.34. The van der Waals surface area contributed by atoms with Gasteiger partial charge in [-0.05, 0) is 56.6 Å². The Morgan fingerprint density at radius 1 is 1.24 bits per heavy atom. The van der Waals surface area contributed by atoms with Crippen LogP contribution in [0.15, 0.2) is 28.9 Å². The fourth-order valence-electron chi connectivity index (χ4n) is 5.22. The maximum atomic E-state index is 13.3. The summed E-state index contributed by atoms with van der Waals surface area (Å²) >= 11 is 0. The number of rotatable bonds is 6. The van der Waals surface area contributed by atoms with Crippen LogP contribution in [0.4, 0.5) is 25.0 Å². The van der Waals surface area contributed by atoms with E-state index in [9.17, 15) is 13.2 Å². The maximum Gasteiger partial charge on any atom is 0.397 e. The van der Waals surface area contributed by atoms with E-state index in [1.807, 2.05) is 13.0 Å². The molecule has 1 saturated heterocycles. The van der Waals surface area contributed by atoms with Gasteiger partial charge in [0.1, 0.15) is 12.0 Å². The summed E-state index contributed by atoms with van der Waals surface area (Å²) in [5.41, 5.74) is -0.442. The quantitative estimate of drug-likeness (QED) is 0.591. The molecule has 2 saturated carbocycles. The van der Waals surface area contributed by atoms with Gasteiger partial charge in [-0.3, -0.25) is 0 Å². The zero-order chi connectivity index (χ0) is 22.8. The van der Waals surface area contributed by atoms with Crippen molar-refractivity contribution >= 4 is 17.5 Å². The molecular weight excluding hydrogens is 437 g/mol. The average Bonchev–Trinajstić information content (AvgIpc) is 3.20. The van der Waals surface area contributed by atoms with Crippen LogP contribution in [0.25, 0.3) is 5.65 Å². The number of hydrogen-bond acceptors (Lipinski definition) is 7. The van der Waals surface area contributed by atoms with Crippen LogP contribution in [0.1, 0.15) is 31.4 Å². The van der Waals surface area contributed by atoms with Gasteiger partial charge in [-0.2, -0.15) is 18.2 Å². The van der Waals surface area contributed by atoms with Crippen LogP contribution in [0.3, 0.4) is 0 Å². The third kappa shape index (κ3) is 3.57. The predicted molar refractivity (Wildman–Crippen MR) is 113 cm³/mol. The number of ether oxygens (including phenoxy) is 1. The lowest BCUT2D eigenvalue weighted by molar-refractivity contribution is -0.194. The van der Waals surface area contributed by atoms with Crippen molar-refractivity contribution in [3.05, 3.63) is 30.1 Å². The van der Waals surface area contributed by atoms with E-state index in [1.54, 1.807) is 22.8 Å². The molecule has 3 aromatic rings. The first-order valence-corrected chi connectivity index (χ1v) is 11.3. The molecule has 0 spiro atoms. The molecule has 2 aliphatic carbocycles. The Morgan fingerprint density at radius 2 is 2.00 bits per heavy atom. The van der Waals surface area contributed by atoms with E-state index in [1.165, 1.54) is 0 Å². The lowest BCUT2D eigenvalue weighted by atomic mass is 9.92. The van der Waals surface area contributed by atoms with Crippen molar-refractivity contribution in [3.8, 4) is 5.75 Å². The molecule has 33 heavy (non-hydrogen) atoms. The molecule has 6 rings (SSSR count). The van der Waals surface area contributed by atoms with Crippen molar-refractivity contribution in [1.29, 1.82) is 0 Å². The third-order valence-electron chi connectivity index (χ3n) is 7.34. The van der Waals surface area contributed by atoms with Gasteiger partial charge in [0.15, 0.2) is 11.4 Å². The zero-order valence-corrected chi connectivity index (χ0v) is 18.2. The number of fused-ring (bicyclic) bond motifs is 3. The number of hydrogen-bond donors (Lipinski definition) is 1. The summed E-state index contributed by atoms with van der Waals surface area (Å²) in [6.45, 7) is 3.25. The number of nitrogens with zero attached hydrogens (tertiary/aromatic N) is 5. The first-order valence-electron chi connectivity index (χ1n) is 11.3. The van der Waals surface area contributed by atoms with Crippen LogP contribution in [0.5, 0.6) is 5.75 Å². The number of alkyl halides is 3. The molecule has 3 aliphatic rings. The summed E-state index contributed by atoms with van der Waals surface area (Å²) in [7, 11) is 0. The Balaban J connectivity index is 1.17. The fraction of sp³-hybridized carbons (Fsp3) is 0.591. The normalized spacial score (nSPS) is 26.1. The number of pyridine rings is 1. The van der Waals surface area contributed by atoms with E-state index in [2.05, 4.69) is 25.5 Å². The molecule has 1 aliphatic heterocycles. The molecule has 11 heteroatoms. The van der Waals surface area contributed by atoms with Crippen molar-refractivity contribution in [1.82, 2.24) is 19.8 Å². The zero-order valence-electron chi connectivity index (χ0n) is 18.2. The highest BCUT2D eigenvalue weighted by atomic mass is 19.4. The van der Waals surface area contributed by atoms with Crippen LogP contribution >= 0.6 is 0 Å². The Bertz CT molecular complexity index is 1160. The van der Waals surface area contributed by atoms with Gasteiger partial charge in [-0.15, -0.1) is 5.10 Å². The molecule has 0 amide bonds. The molecule has 176 valence electrons. The van der Waals surface area contributed by atoms with Crippen molar-refractivity contribution in [2.24, 2.45) is 17.3 Å². The smallest absolute Gasteiger partial charge is 0.397 e. The van der Waals surface area contributed by atoms with Gasteiger partial charge < -0.3 is 19.5 Å². The van der Waals surface area contributed by atoms with Gasteiger partial charge in [0, 0.05) is 31.4 Å². The highest BCUT2D eigenvalue weighted by Crippen LogP contribution is 2.57. The molecule has 1 N–H and O–H groups in total. The van der Waals surface area contributed by atoms with E-state index < -0.39 is 18.2 Å². The molecule has 2 atom stereocenters. The van der Waals surface area contributed by atoms with Crippen molar-refractivity contribution in [2.75, 3.05) is 29.9 Å². The summed E-state index contributed by atoms with van der Waals surface area (Å²) in [4.78, 5) is 6.81. The first kappa shape index (κ1) is 20.6. The minimum absolute atomic E-state index is 0.105. The van der Waals surface area contributed by atoms with Gasteiger partial charge in [0.05, 0.1) is 5.69 Å². The van der Waals surface area contributed by atoms with Crippen molar-refractivity contribution in [3.63, 3.8) is 0 Å². The van der Waals surface area contributed by atoms with Crippen molar-refractivity contribution in [2.45, 2.75) is 44.8 Å². The van der Waals surface area contributed by atoms with Gasteiger partial charge in [0.25, 0.3) is 0 Å². The van der Waals surface area contributed by atoms with Crippen molar-refractivity contribution < 1.29 is 22.4 Å². The SMILES string of the molecule is Cc1cc(N2CC3CCC(C2)C3Nc2nc3c(OCC4(C(F)(F)F)CC4)cccn3n2)on1. The maximum absolute atomic E-state index is 13.3. The van der Waals surface area contributed by atoms with E-state index in [4.69, 9.17) is 9.26 Å². The summed E-state index contributed by atoms with van der Waals surface area (Å²) in [6, 6.07) is 5.53. The topological polar surface area (TPSA) is 80.7 Å². The lowest BCUT2D eigenvalue weighted by Gasteiger charge is -2.37. The summed E-state index contributed by atoms with van der Waals surface area (Å²) < 4.78 is 52.4. The molecule has 0 radical (unpaired) electrons. The number of aryl methyl sites for hydroxylation is 1. The number of piperidine rings is 1. The second-order valence-electron chi connectivity index (χ2n) is 9.62. The minimum Gasteiger partial charge on any atom is -0.489 e. The highest BCUT2D eigenvalue weighted by Gasteiger charge is 2.64. The molecule has 4 heterocycles. The molecule has 3 aromatic heterocycles. The second-order valence-corrected chi connectivity index (χ2v) is 9.62. The van der Waals surface area contributed by atoms with Gasteiger partial charge in [-0.1, -0.05) is 5.16 Å². The van der Waals surface area contributed by atoms with Crippen LogP contribution in [0.2, 0.25) is 0 Å². The molecule has 2 bridgehead atoms. The average molecular weight is 462 g/mol. The van der Waals surface area contributed by atoms with E-state index in [-0.39, 0.29) is 18.9 Å². The lowest BCUT2D eigenvalue weighted by Crippen LogP contribution is -2.48. The summed E-state index contributed by atoms with van der Waals surface area (Å²) in [5, 5.41) is 12.0. The Hall–Kier alpha value is -2.98. The summed E-state index contributed by atoms with van der Waals surface area (Å²) in [6.07, 6.45) is -0.111. The van der Waals surface area contributed by atoms with Gasteiger partial charge >= 0.3 is 6.18 Å². The number of nitrogens with one attached hydrogen (secondary N) is 1. The molecule has 3 fully saturated rings. The second kappa shape index (κ2) is 7.26. The minimum atomic E-state index is -4.25. The van der Waals surface area contributed by atoms with E-state index in [0.29, 0.717) is 29.2 Å². The Morgan fingerprint density at radius 3 is 2.64 bits per heavy atom. The molecule has 2 unspecified atom stereocenters. The fourth-order valence-corrected chi connectivity index (χ4v) is 5.22. The highest BCUT2D eigenvalue weighted by molar-refractivity contribution is 5.56. The first-order chi connectivity index (χ1) is 15.8. The van der Waals surface area contributed by atoms with Gasteiger partial charge in [0.2, 0.25) is 11.8 Å². The van der Waals surface area contributed by atoms with E-state index in [0.717, 1.165) is 37.5 Å². The monoisotopic (exact) mass is 462 g/mol. The van der Waals surface area contributed by atoms with Crippen LogP contribution < -0.4 is 15.0 Å². The Labute approximate surface area is 188 Å².